The summed E-state index contributed by atoms with van der Waals surface area (Å²) in [5.74, 6) is 1.04. The fourth-order valence-electron chi connectivity index (χ4n) is 3.18. The molecular formula is C16H17N7S. The number of aromatic amines is 1. The largest absolute Gasteiger partial charge is 0.343 e. The maximum absolute atomic E-state index is 9.24. The number of nitriles is 1. The van der Waals surface area contributed by atoms with Crippen LogP contribution in [0.1, 0.15) is 13.3 Å². The molecule has 0 aromatic carbocycles. The van der Waals surface area contributed by atoms with Gasteiger partial charge in [0.2, 0.25) is 0 Å². The normalized spacial score (nSPS) is 16.8. The van der Waals surface area contributed by atoms with Gasteiger partial charge in [0.25, 0.3) is 0 Å². The fourth-order valence-corrected chi connectivity index (χ4v) is 4.21. The van der Waals surface area contributed by atoms with Crippen molar-refractivity contribution < 1.29 is 0 Å². The molecule has 1 aliphatic rings. The third kappa shape index (κ3) is 2.37. The Morgan fingerprint density at radius 2 is 2.29 bits per heavy atom. The second-order valence-electron chi connectivity index (χ2n) is 5.91. The SMILES string of the molecule is CCSN1CC(CC#N)(n2cc(-c3ccnc4nc[nH]c34)cn2)C1. The first-order valence-corrected chi connectivity index (χ1v) is 8.78. The van der Waals surface area contributed by atoms with Crippen LogP contribution in [0.15, 0.2) is 31.0 Å². The summed E-state index contributed by atoms with van der Waals surface area (Å²) in [6.07, 6.45) is 7.74. The molecule has 0 atom stereocenters. The lowest BCUT2D eigenvalue weighted by atomic mass is 9.89. The van der Waals surface area contributed by atoms with Gasteiger partial charge in [-0.05, 0) is 6.07 Å². The Balaban J connectivity index is 1.67. The molecule has 0 amide bonds. The summed E-state index contributed by atoms with van der Waals surface area (Å²) in [6, 6.07) is 4.28. The molecular weight excluding hydrogens is 322 g/mol. The van der Waals surface area contributed by atoms with Crippen molar-refractivity contribution in [2.24, 2.45) is 0 Å². The van der Waals surface area contributed by atoms with E-state index in [4.69, 9.17) is 0 Å². The van der Waals surface area contributed by atoms with Gasteiger partial charge >= 0.3 is 0 Å². The minimum atomic E-state index is -0.227. The summed E-state index contributed by atoms with van der Waals surface area (Å²) in [5, 5.41) is 13.8. The molecule has 4 heterocycles. The van der Waals surface area contributed by atoms with Crippen molar-refractivity contribution in [1.82, 2.24) is 29.0 Å². The molecule has 7 nitrogen and oxygen atoms in total. The predicted octanol–water partition coefficient (Wildman–Crippen LogP) is 2.41. The van der Waals surface area contributed by atoms with Crippen LogP contribution in [0.25, 0.3) is 22.3 Å². The highest BCUT2D eigenvalue weighted by atomic mass is 32.2. The summed E-state index contributed by atoms with van der Waals surface area (Å²) in [4.78, 5) is 11.6. The number of nitrogens with one attached hydrogen (secondary N) is 1. The zero-order chi connectivity index (χ0) is 16.6. The molecule has 3 aromatic rings. The van der Waals surface area contributed by atoms with Crippen LogP contribution >= 0.6 is 11.9 Å². The van der Waals surface area contributed by atoms with Crippen LogP contribution in [0.5, 0.6) is 0 Å². The number of hydrogen-bond acceptors (Lipinski definition) is 6. The Morgan fingerprint density at radius 3 is 3.08 bits per heavy atom. The first-order valence-electron chi connectivity index (χ1n) is 7.84. The lowest BCUT2D eigenvalue weighted by Crippen LogP contribution is -2.60. The highest BCUT2D eigenvalue weighted by Crippen LogP contribution is 2.37. The van der Waals surface area contributed by atoms with Gasteiger partial charge in [-0.15, -0.1) is 0 Å². The van der Waals surface area contributed by atoms with Gasteiger partial charge in [-0.3, -0.25) is 4.68 Å². The number of aromatic nitrogens is 5. The highest BCUT2D eigenvalue weighted by Gasteiger charge is 2.45. The number of imidazole rings is 1. The van der Waals surface area contributed by atoms with E-state index in [0.717, 1.165) is 35.5 Å². The van der Waals surface area contributed by atoms with Crippen LogP contribution in [-0.2, 0) is 5.54 Å². The molecule has 4 rings (SSSR count). The monoisotopic (exact) mass is 339 g/mol. The Hall–Kier alpha value is -2.37. The molecule has 1 aliphatic heterocycles. The number of nitrogens with zero attached hydrogens (tertiary/aromatic N) is 6. The second kappa shape index (κ2) is 5.92. The van der Waals surface area contributed by atoms with Gasteiger partial charge in [0.1, 0.15) is 5.54 Å². The van der Waals surface area contributed by atoms with E-state index in [1.54, 1.807) is 12.5 Å². The molecule has 0 radical (unpaired) electrons. The molecule has 3 aromatic heterocycles. The summed E-state index contributed by atoms with van der Waals surface area (Å²) < 4.78 is 4.25. The van der Waals surface area contributed by atoms with Crippen molar-refractivity contribution in [3.05, 3.63) is 31.0 Å². The van der Waals surface area contributed by atoms with Gasteiger partial charge in [0.05, 0.1) is 30.5 Å². The molecule has 0 aliphatic carbocycles. The molecule has 122 valence electrons. The number of pyridine rings is 1. The molecule has 0 bridgehead atoms. The van der Waals surface area contributed by atoms with Crippen molar-refractivity contribution in [2.45, 2.75) is 18.9 Å². The Labute approximate surface area is 143 Å². The van der Waals surface area contributed by atoms with Crippen molar-refractivity contribution >= 4 is 23.1 Å². The molecule has 0 unspecified atom stereocenters. The summed E-state index contributed by atoms with van der Waals surface area (Å²) in [7, 11) is 0. The third-order valence-corrected chi connectivity index (χ3v) is 5.25. The topological polar surface area (TPSA) is 86.4 Å². The van der Waals surface area contributed by atoms with Gasteiger partial charge in [0, 0.05) is 42.4 Å². The first-order chi connectivity index (χ1) is 11.8. The van der Waals surface area contributed by atoms with E-state index in [9.17, 15) is 5.26 Å². The van der Waals surface area contributed by atoms with Gasteiger partial charge in [0.15, 0.2) is 5.65 Å². The van der Waals surface area contributed by atoms with E-state index in [-0.39, 0.29) is 5.54 Å². The molecule has 0 spiro atoms. The van der Waals surface area contributed by atoms with Gasteiger partial charge in [-0.25, -0.2) is 14.3 Å². The molecule has 24 heavy (non-hydrogen) atoms. The maximum atomic E-state index is 9.24. The fraction of sp³-hybridized carbons (Fsp3) is 0.375. The van der Waals surface area contributed by atoms with Crippen LogP contribution in [0.3, 0.4) is 0 Å². The van der Waals surface area contributed by atoms with Gasteiger partial charge < -0.3 is 4.98 Å². The quantitative estimate of drug-likeness (QED) is 0.718. The first kappa shape index (κ1) is 15.2. The Morgan fingerprint density at radius 1 is 1.42 bits per heavy atom. The summed E-state index contributed by atoms with van der Waals surface area (Å²) >= 11 is 1.81. The average Bonchev–Trinajstić information content (AvgIpc) is 3.21. The number of hydrogen-bond donors (Lipinski definition) is 1. The number of fused-ring (bicyclic) bond motifs is 1. The Bertz CT molecular complexity index is 900. The Kier molecular flexibility index (Phi) is 3.75. The van der Waals surface area contributed by atoms with Crippen molar-refractivity contribution in [1.29, 1.82) is 5.26 Å². The van der Waals surface area contributed by atoms with Gasteiger partial charge in [-0.2, -0.15) is 10.4 Å². The van der Waals surface area contributed by atoms with E-state index in [0.29, 0.717) is 12.1 Å². The predicted molar refractivity (Wildman–Crippen MR) is 93.0 cm³/mol. The minimum Gasteiger partial charge on any atom is -0.343 e. The third-order valence-electron chi connectivity index (χ3n) is 4.37. The van der Waals surface area contributed by atoms with E-state index >= 15 is 0 Å². The second-order valence-corrected chi connectivity index (χ2v) is 7.26. The van der Waals surface area contributed by atoms with E-state index < -0.39 is 0 Å². The average molecular weight is 339 g/mol. The molecule has 1 fully saturated rings. The molecule has 1 N–H and O–H groups in total. The van der Waals surface area contributed by atoms with Crippen molar-refractivity contribution in [3.8, 4) is 17.2 Å². The summed E-state index contributed by atoms with van der Waals surface area (Å²) in [6.45, 7) is 3.83. The standard InChI is InChI=1S/C16H17N7S/c1-2-24-22-9-16(10-22,4-5-17)23-8-12(7-21-23)13-3-6-18-15-14(13)19-11-20-15/h3,6-8,11H,2,4,9-10H2,1H3,(H,18,19,20). The van der Waals surface area contributed by atoms with Crippen LogP contribution in [0.4, 0.5) is 0 Å². The maximum Gasteiger partial charge on any atom is 0.178 e. The van der Waals surface area contributed by atoms with Crippen molar-refractivity contribution in [2.75, 3.05) is 18.8 Å². The zero-order valence-electron chi connectivity index (χ0n) is 13.3. The summed E-state index contributed by atoms with van der Waals surface area (Å²) in [5.41, 5.74) is 3.40. The van der Waals surface area contributed by atoms with Crippen LogP contribution in [-0.4, -0.2) is 47.9 Å². The highest BCUT2D eigenvalue weighted by molar-refractivity contribution is 7.97. The van der Waals surface area contributed by atoms with E-state index in [1.807, 2.05) is 35.1 Å². The lowest BCUT2D eigenvalue weighted by Gasteiger charge is -2.48. The van der Waals surface area contributed by atoms with E-state index in [2.05, 4.69) is 37.3 Å². The molecule has 0 saturated carbocycles. The van der Waals surface area contributed by atoms with Crippen molar-refractivity contribution in [3.63, 3.8) is 0 Å². The van der Waals surface area contributed by atoms with Crippen LogP contribution in [0, 0.1) is 11.3 Å². The van der Waals surface area contributed by atoms with Crippen LogP contribution < -0.4 is 0 Å². The van der Waals surface area contributed by atoms with Crippen LogP contribution in [0.2, 0.25) is 0 Å². The lowest BCUT2D eigenvalue weighted by molar-refractivity contribution is 0.0812. The molecule has 8 heteroatoms. The minimum absolute atomic E-state index is 0.227. The molecule has 1 saturated heterocycles. The smallest absolute Gasteiger partial charge is 0.178 e. The number of H-pyrrole nitrogens is 1. The number of rotatable bonds is 5. The zero-order valence-corrected chi connectivity index (χ0v) is 14.1. The van der Waals surface area contributed by atoms with E-state index in [1.165, 1.54) is 0 Å². The van der Waals surface area contributed by atoms with Gasteiger partial charge in [-0.1, -0.05) is 18.9 Å².